The quantitative estimate of drug-likeness (QED) is 0.859. The molecule has 0 atom stereocenters. The molecule has 0 unspecified atom stereocenters. The third kappa shape index (κ3) is 3.87. The van der Waals surface area contributed by atoms with Crippen molar-refractivity contribution in [3.8, 4) is 11.5 Å². The minimum atomic E-state index is -0.225. The summed E-state index contributed by atoms with van der Waals surface area (Å²) in [7, 11) is 0. The van der Waals surface area contributed by atoms with Crippen LogP contribution in [0.4, 0.5) is 5.82 Å². The average molecular weight is 354 g/mol. The van der Waals surface area contributed by atoms with Crippen molar-refractivity contribution in [3.63, 3.8) is 0 Å². The Morgan fingerprint density at radius 1 is 1.08 bits per heavy atom. The summed E-state index contributed by atoms with van der Waals surface area (Å²) < 4.78 is 10.6. The van der Waals surface area contributed by atoms with Crippen molar-refractivity contribution in [1.29, 1.82) is 0 Å². The van der Waals surface area contributed by atoms with Crippen molar-refractivity contribution in [2.45, 2.75) is 44.7 Å². The number of carbonyl (C=O) groups excluding carboxylic acids is 1. The monoisotopic (exact) mass is 354 g/mol. The highest BCUT2D eigenvalue weighted by Gasteiger charge is 2.16. The molecule has 2 aliphatic rings. The zero-order valence-electron chi connectivity index (χ0n) is 14.5. The molecule has 1 aliphatic carbocycles. The van der Waals surface area contributed by atoms with Crippen molar-refractivity contribution in [2.75, 3.05) is 12.1 Å². The highest BCUT2D eigenvalue weighted by molar-refractivity contribution is 5.92. The fourth-order valence-electron chi connectivity index (χ4n) is 3.34. The maximum atomic E-state index is 12.4. The second kappa shape index (κ2) is 7.59. The van der Waals surface area contributed by atoms with Crippen LogP contribution in [-0.4, -0.2) is 28.7 Å². The Morgan fingerprint density at radius 2 is 1.92 bits per heavy atom. The van der Waals surface area contributed by atoms with E-state index in [1.165, 1.54) is 25.6 Å². The standard InChI is InChI=1S/C19H22N4O3/c24-19(20-10-13-6-7-16-17(8-13)26-12-25-16)15-9-18(22-11-21-15)23-14-4-2-1-3-5-14/h6-9,11,14H,1-5,10,12H2,(H,20,24)(H,21,22,23). The van der Waals surface area contributed by atoms with Gasteiger partial charge in [0.15, 0.2) is 11.5 Å². The van der Waals surface area contributed by atoms with Gasteiger partial charge in [-0.3, -0.25) is 4.79 Å². The Bertz CT molecular complexity index is 790. The lowest BCUT2D eigenvalue weighted by Crippen LogP contribution is -2.25. The number of ether oxygens (including phenoxy) is 2. The van der Waals surface area contributed by atoms with Crippen molar-refractivity contribution < 1.29 is 14.3 Å². The summed E-state index contributed by atoms with van der Waals surface area (Å²) in [4.78, 5) is 20.7. The van der Waals surface area contributed by atoms with Gasteiger partial charge in [0.2, 0.25) is 6.79 Å². The van der Waals surface area contributed by atoms with Gasteiger partial charge >= 0.3 is 0 Å². The van der Waals surface area contributed by atoms with Gasteiger partial charge < -0.3 is 20.1 Å². The van der Waals surface area contributed by atoms with Crippen LogP contribution in [0.3, 0.4) is 0 Å². The molecule has 2 aromatic rings. The molecule has 2 heterocycles. The third-order valence-electron chi connectivity index (χ3n) is 4.75. The van der Waals surface area contributed by atoms with Crippen molar-refractivity contribution >= 4 is 11.7 Å². The predicted octanol–water partition coefficient (Wildman–Crippen LogP) is 2.88. The molecular weight excluding hydrogens is 332 g/mol. The number of hydrogen-bond acceptors (Lipinski definition) is 6. The first kappa shape index (κ1) is 16.6. The van der Waals surface area contributed by atoms with Crippen LogP contribution in [0.5, 0.6) is 11.5 Å². The lowest BCUT2D eigenvalue weighted by molar-refractivity contribution is 0.0945. The Balaban J connectivity index is 1.36. The Morgan fingerprint density at radius 3 is 2.81 bits per heavy atom. The normalized spacial score (nSPS) is 16.3. The summed E-state index contributed by atoms with van der Waals surface area (Å²) in [6.45, 7) is 0.633. The molecule has 1 amide bonds. The molecular formula is C19H22N4O3. The topological polar surface area (TPSA) is 85.4 Å². The third-order valence-corrected chi connectivity index (χ3v) is 4.75. The highest BCUT2D eigenvalue weighted by Crippen LogP contribution is 2.32. The smallest absolute Gasteiger partial charge is 0.270 e. The average Bonchev–Trinajstić information content (AvgIpc) is 3.15. The number of rotatable bonds is 5. The number of fused-ring (bicyclic) bond motifs is 1. The number of aromatic nitrogens is 2. The van der Waals surface area contributed by atoms with E-state index in [0.717, 1.165) is 24.2 Å². The van der Waals surface area contributed by atoms with E-state index in [4.69, 9.17) is 9.47 Å². The number of nitrogens with one attached hydrogen (secondary N) is 2. The second-order valence-electron chi connectivity index (χ2n) is 6.64. The summed E-state index contributed by atoms with van der Waals surface area (Å²) >= 11 is 0. The van der Waals surface area contributed by atoms with E-state index in [1.54, 1.807) is 6.07 Å². The Kier molecular flexibility index (Phi) is 4.86. The lowest BCUT2D eigenvalue weighted by Gasteiger charge is -2.23. The van der Waals surface area contributed by atoms with Crippen LogP contribution in [0.1, 0.15) is 48.2 Å². The largest absolute Gasteiger partial charge is 0.454 e. The van der Waals surface area contributed by atoms with Crippen LogP contribution >= 0.6 is 0 Å². The Hall–Kier alpha value is -2.83. The lowest BCUT2D eigenvalue weighted by atomic mass is 9.95. The minimum Gasteiger partial charge on any atom is -0.454 e. The fourth-order valence-corrected chi connectivity index (χ4v) is 3.34. The maximum Gasteiger partial charge on any atom is 0.270 e. The van der Waals surface area contributed by atoms with Gasteiger partial charge in [-0.15, -0.1) is 0 Å². The number of hydrogen-bond donors (Lipinski definition) is 2. The number of carbonyl (C=O) groups is 1. The van der Waals surface area contributed by atoms with E-state index >= 15 is 0 Å². The number of amides is 1. The zero-order chi connectivity index (χ0) is 17.8. The van der Waals surface area contributed by atoms with E-state index in [1.807, 2.05) is 18.2 Å². The van der Waals surface area contributed by atoms with Gasteiger partial charge in [0, 0.05) is 18.7 Å². The fraction of sp³-hybridized carbons (Fsp3) is 0.421. The molecule has 0 bridgehead atoms. The van der Waals surface area contributed by atoms with Crippen LogP contribution < -0.4 is 20.1 Å². The Labute approximate surface area is 152 Å². The summed E-state index contributed by atoms with van der Waals surface area (Å²) in [5.41, 5.74) is 1.30. The summed E-state index contributed by atoms with van der Waals surface area (Å²) in [5.74, 6) is 1.92. The molecule has 7 nitrogen and oxygen atoms in total. The van der Waals surface area contributed by atoms with E-state index in [9.17, 15) is 4.79 Å². The van der Waals surface area contributed by atoms with Crippen LogP contribution in [0.25, 0.3) is 0 Å². The number of anilines is 1. The molecule has 7 heteroatoms. The molecule has 4 rings (SSSR count). The SMILES string of the molecule is O=C(NCc1ccc2c(c1)OCO2)c1cc(NC2CCCCC2)ncn1. The van der Waals surface area contributed by atoms with Gasteiger partial charge in [-0.05, 0) is 30.5 Å². The van der Waals surface area contributed by atoms with Crippen molar-refractivity contribution in [2.24, 2.45) is 0 Å². The van der Waals surface area contributed by atoms with Crippen molar-refractivity contribution in [1.82, 2.24) is 15.3 Å². The predicted molar refractivity (Wildman–Crippen MR) is 96.3 cm³/mol. The van der Waals surface area contributed by atoms with E-state index < -0.39 is 0 Å². The molecule has 1 aliphatic heterocycles. The molecule has 1 aromatic heterocycles. The van der Waals surface area contributed by atoms with Gasteiger partial charge in [0.05, 0.1) is 0 Å². The molecule has 1 saturated carbocycles. The maximum absolute atomic E-state index is 12.4. The molecule has 1 aromatic carbocycles. The van der Waals surface area contributed by atoms with E-state index in [-0.39, 0.29) is 12.7 Å². The second-order valence-corrected chi connectivity index (χ2v) is 6.64. The molecule has 0 saturated heterocycles. The van der Waals surface area contributed by atoms with E-state index in [2.05, 4.69) is 20.6 Å². The first-order valence-electron chi connectivity index (χ1n) is 9.03. The van der Waals surface area contributed by atoms with Crippen LogP contribution in [0, 0.1) is 0 Å². The number of nitrogens with zero attached hydrogens (tertiary/aromatic N) is 2. The number of benzene rings is 1. The van der Waals surface area contributed by atoms with Crippen LogP contribution in [-0.2, 0) is 6.54 Å². The van der Waals surface area contributed by atoms with Gasteiger partial charge in [0.1, 0.15) is 17.8 Å². The van der Waals surface area contributed by atoms with Gasteiger partial charge in [-0.25, -0.2) is 9.97 Å². The first-order valence-corrected chi connectivity index (χ1v) is 9.03. The first-order chi connectivity index (χ1) is 12.8. The van der Waals surface area contributed by atoms with Gasteiger partial charge in [-0.1, -0.05) is 25.3 Å². The van der Waals surface area contributed by atoms with E-state index in [0.29, 0.717) is 29.8 Å². The summed E-state index contributed by atoms with van der Waals surface area (Å²) in [6.07, 6.45) is 7.51. The van der Waals surface area contributed by atoms with Gasteiger partial charge in [0.25, 0.3) is 5.91 Å². The summed E-state index contributed by atoms with van der Waals surface area (Å²) in [6, 6.07) is 7.77. The van der Waals surface area contributed by atoms with Crippen molar-refractivity contribution in [3.05, 3.63) is 41.9 Å². The molecule has 0 spiro atoms. The molecule has 1 fully saturated rings. The van der Waals surface area contributed by atoms with Gasteiger partial charge in [-0.2, -0.15) is 0 Å². The molecule has 0 radical (unpaired) electrons. The minimum absolute atomic E-state index is 0.225. The summed E-state index contributed by atoms with van der Waals surface area (Å²) in [5, 5.41) is 6.30. The highest BCUT2D eigenvalue weighted by atomic mass is 16.7. The van der Waals surface area contributed by atoms with Crippen LogP contribution in [0.15, 0.2) is 30.6 Å². The van der Waals surface area contributed by atoms with Crippen LogP contribution in [0.2, 0.25) is 0 Å². The molecule has 2 N–H and O–H groups in total. The zero-order valence-corrected chi connectivity index (χ0v) is 14.5. The molecule has 136 valence electrons. The molecule has 26 heavy (non-hydrogen) atoms.